The molecule has 0 aliphatic carbocycles. The number of rotatable bonds is 2. The zero-order valence-corrected chi connectivity index (χ0v) is 15.0. The van der Waals surface area contributed by atoms with E-state index in [1.165, 1.54) is 6.42 Å². The molecule has 1 fully saturated rings. The molecule has 3 rings (SSSR count). The van der Waals surface area contributed by atoms with E-state index >= 15 is 0 Å². The first-order valence-electron chi connectivity index (χ1n) is 7.88. The molecular formula is C18H21BrN2O2. The van der Waals surface area contributed by atoms with Gasteiger partial charge in [0.1, 0.15) is 5.76 Å². The number of carbonyl (C=O) groups excluding carboxylic acids is 1. The molecule has 1 amide bonds. The molecule has 1 aliphatic rings. The fraction of sp³-hybridized carbons (Fsp3) is 0.389. The molecule has 2 atom stereocenters. The maximum atomic E-state index is 12.7. The smallest absolute Gasteiger partial charge is 0.289 e. The van der Waals surface area contributed by atoms with Gasteiger partial charge in [-0.2, -0.15) is 0 Å². The lowest BCUT2D eigenvalue weighted by Crippen LogP contribution is -2.42. The third-order valence-corrected chi connectivity index (χ3v) is 4.75. The number of nitrogens with zero attached hydrogens (tertiary/aromatic N) is 1. The summed E-state index contributed by atoms with van der Waals surface area (Å²) in [6, 6.07) is 9.17. The highest BCUT2D eigenvalue weighted by Crippen LogP contribution is 2.31. The Hall–Kier alpha value is -1.75. The third-order valence-electron chi connectivity index (χ3n) is 4.25. The number of nitrogen functional groups attached to an aromatic ring is 1. The fourth-order valence-corrected chi connectivity index (χ4v) is 3.72. The molecule has 0 saturated carbocycles. The second-order valence-electron chi connectivity index (χ2n) is 6.55. The van der Waals surface area contributed by atoms with Gasteiger partial charge in [-0.25, -0.2) is 0 Å². The van der Waals surface area contributed by atoms with Gasteiger partial charge in [0.2, 0.25) is 0 Å². The van der Waals surface area contributed by atoms with Crippen LogP contribution in [0.1, 0.15) is 30.8 Å². The van der Waals surface area contributed by atoms with Crippen LogP contribution in [0.3, 0.4) is 0 Å². The van der Waals surface area contributed by atoms with Crippen LogP contribution < -0.4 is 5.73 Å². The van der Waals surface area contributed by atoms with Crippen molar-refractivity contribution in [2.75, 3.05) is 18.8 Å². The van der Waals surface area contributed by atoms with Gasteiger partial charge in [0.25, 0.3) is 5.91 Å². The van der Waals surface area contributed by atoms with Crippen molar-refractivity contribution in [3.05, 3.63) is 40.6 Å². The first-order chi connectivity index (χ1) is 10.9. The molecule has 2 aromatic rings. The van der Waals surface area contributed by atoms with Crippen molar-refractivity contribution in [3.8, 4) is 11.3 Å². The average molecular weight is 377 g/mol. The van der Waals surface area contributed by atoms with Crippen LogP contribution in [0.25, 0.3) is 11.3 Å². The van der Waals surface area contributed by atoms with Crippen LogP contribution in [-0.2, 0) is 0 Å². The Bertz CT molecular complexity index is 716. The molecule has 0 radical (unpaired) electrons. The summed E-state index contributed by atoms with van der Waals surface area (Å²) in [7, 11) is 0. The maximum Gasteiger partial charge on any atom is 0.289 e. The van der Waals surface area contributed by atoms with E-state index in [4.69, 9.17) is 10.2 Å². The van der Waals surface area contributed by atoms with Crippen molar-refractivity contribution < 1.29 is 9.21 Å². The summed E-state index contributed by atoms with van der Waals surface area (Å²) < 4.78 is 6.70. The normalized spacial score (nSPS) is 21.4. The standard InChI is InChI=1S/C18H21BrN2O2/c1-11-7-12(2)10-21(9-11)18(22)17-6-5-16(23-17)14-4-3-13(19)8-15(14)20/h3-6,8,11-12H,7,9-10,20H2,1-2H3/t11-,12-/m0/s1. The van der Waals surface area contributed by atoms with E-state index in [-0.39, 0.29) is 5.91 Å². The lowest BCUT2D eigenvalue weighted by molar-refractivity contribution is 0.0592. The summed E-state index contributed by atoms with van der Waals surface area (Å²) in [4.78, 5) is 14.6. The Kier molecular flexibility index (Phi) is 4.48. The van der Waals surface area contributed by atoms with E-state index < -0.39 is 0 Å². The number of piperidine rings is 1. The average Bonchev–Trinajstić information content (AvgIpc) is 2.95. The molecule has 1 aliphatic heterocycles. The monoisotopic (exact) mass is 376 g/mol. The van der Waals surface area contributed by atoms with E-state index in [1.54, 1.807) is 6.07 Å². The van der Waals surface area contributed by atoms with Crippen LogP contribution in [0.15, 0.2) is 39.2 Å². The molecule has 2 N–H and O–H groups in total. The first-order valence-corrected chi connectivity index (χ1v) is 8.68. The first kappa shape index (κ1) is 16.1. The van der Waals surface area contributed by atoms with Gasteiger partial charge in [-0.15, -0.1) is 0 Å². The summed E-state index contributed by atoms with van der Waals surface area (Å²) in [6.45, 7) is 5.96. The van der Waals surface area contributed by atoms with Gasteiger partial charge in [0, 0.05) is 28.8 Å². The molecule has 4 nitrogen and oxygen atoms in total. The Morgan fingerprint density at radius 2 is 1.91 bits per heavy atom. The van der Waals surface area contributed by atoms with Crippen LogP contribution in [-0.4, -0.2) is 23.9 Å². The number of halogens is 1. The van der Waals surface area contributed by atoms with Crippen molar-refractivity contribution in [1.29, 1.82) is 0 Å². The number of likely N-dealkylation sites (tertiary alicyclic amines) is 1. The molecule has 0 bridgehead atoms. The van der Waals surface area contributed by atoms with Crippen LogP contribution in [0.5, 0.6) is 0 Å². The van der Waals surface area contributed by atoms with Crippen molar-refractivity contribution in [1.82, 2.24) is 4.90 Å². The number of hydrogen-bond acceptors (Lipinski definition) is 3. The van der Waals surface area contributed by atoms with E-state index in [0.717, 1.165) is 23.1 Å². The highest BCUT2D eigenvalue weighted by molar-refractivity contribution is 9.10. The Balaban J connectivity index is 1.82. The second kappa shape index (κ2) is 6.40. The van der Waals surface area contributed by atoms with Gasteiger partial charge in [0.05, 0.1) is 0 Å². The number of amides is 1. The van der Waals surface area contributed by atoms with Crippen molar-refractivity contribution in [2.45, 2.75) is 20.3 Å². The highest BCUT2D eigenvalue weighted by Gasteiger charge is 2.27. The fourth-order valence-electron chi connectivity index (χ4n) is 3.34. The molecule has 2 heterocycles. The number of carbonyl (C=O) groups is 1. The molecule has 1 aromatic heterocycles. The lowest BCUT2D eigenvalue weighted by atomic mass is 9.92. The molecule has 5 heteroatoms. The van der Waals surface area contributed by atoms with Crippen molar-refractivity contribution in [3.63, 3.8) is 0 Å². The molecule has 0 unspecified atom stereocenters. The van der Waals surface area contributed by atoms with E-state index in [9.17, 15) is 4.79 Å². The number of benzene rings is 1. The SMILES string of the molecule is C[C@H]1C[C@H](C)CN(C(=O)c2ccc(-c3ccc(Br)cc3N)o2)C1. The van der Waals surface area contributed by atoms with Gasteiger partial charge >= 0.3 is 0 Å². The zero-order chi connectivity index (χ0) is 16.6. The number of nitrogens with two attached hydrogens (primary N) is 1. The summed E-state index contributed by atoms with van der Waals surface area (Å²) in [5, 5.41) is 0. The number of anilines is 1. The molecule has 0 spiro atoms. The topological polar surface area (TPSA) is 59.5 Å². The number of furan rings is 1. The second-order valence-corrected chi connectivity index (χ2v) is 7.47. The van der Waals surface area contributed by atoms with Crippen molar-refractivity contribution in [2.24, 2.45) is 11.8 Å². The Morgan fingerprint density at radius 1 is 1.22 bits per heavy atom. The van der Waals surface area contributed by atoms with E-state index in [1.807, 2.05) is 29.2 Å². The van der Waals surface area contributed by atoms with Gasteiger partial charge in [-0.1, -0.05) is 29.8 Å². The molecule has 1 aromatic carbocycles. The minimum absolute atomic E-state index is 0.0367. The Labute approximate surface area is 144 Å². The molecule has 23 heavy (non-hydrogen) atoms. The third kappa shape index (κ3) is 3.44. The van der Waals surface area contributed by atoms with Crippen LogP contribution in [0.2, 0.25) is 0 Å². The van der Waals surface area contributed by atoms with E-state index in [0.29, 0.717) is 29.0 Å². The highest BCUT2D eigenvalue weighted by atomic mass is 79.9. The minimum Gasteiger partial charge on any atom is -0.451 e. The van der Waals surface area contributed by atoms with Crippen LogP contribution >= 0.6 is 15.9 Å². The van der Waals surface area contributed by atoms with Crippen molar-refractivity contribution >= 4 is 27.5 Å². The van der Waals surface area contributed by atoms with E-state index in [2.05, 4.69) is 29.8 Å². The summed E-state index contributed by atoms with van der Waals surface area (Å²) >= 11 is 3.39. The Morgan fingerprint density at radius 3 is 2.57 bits per heavy atom. The minimum atomic E-state index is -0.0367. The summed E-state index contributed by atoms with van der Waals surface area (Å²) in [5.41, 5.74) is 7.45. The maximum absolute atomic E-state index is 12.7. The lowest BCUT2D eigenvalue weighted by Gasteiger charge is -2.34. The summed E-state index contributed by atoms with van der Waals surface area (Å²) in [6.07, 6.45) is 1.17. The molecule has 122 valence electrons. The predicted molar refractivity (Wildman–Crippen MR) is 95.1 cm³/mol. The molecular weight excluding hydrogens is 356 g/mol. The van der Waals surface area contributed by atoms with Gasteiger partial charge in [0.15, 0.2) is 5.76 Å². The van der Waals surface area contributed by atoms with Crippen LogP contribution in [0.4, 0.5) is 5.69 Å². The zero-order valence-electron chi connectivity index (χ0n) is 13.4. The molecule has 1 saturated heterocycles. The quantitative estimate of drug-likeness (QED) is 0.789. The van der Waals surface area contributed by atoms with Gasteiger partial charge in [-0.3, -0.25) is 4.79 Å². The predicted octanol–water partition coefficient (Wildman–Crippen LogP) is 4.41. The van der Waals surface area contributed by atoms with Gasteiger partial charge < -0.3 is 15.1 Å². The number of hydrogen-bond donors (Lipinski definition) is 1. The summed E-state index contributed by atoms with van der Waals surface area (Å²) in [5.74, 6) is 2.02. The van der Waals surface area contributed by atoms with Gasteiger partial charge in [-0.05, 0) is 48.6 Å². The largest absolute Gasteiger partial charge is 0.451 e. The van der Waals surface area contributed by atoms with Crippen LogP contribution in [0, 0.1) is 11.8 Å².